The number of aliphatic hydroxyl groups excluding tert-OH is 2. The molecular weight excluding hydrogens is 65.1 g/mol. The molecule has 0 radical (unpaired) electrons. The summed E-state index contributed by atoms with van der Waals surface area (Å²) in [5.74, 6) is 0. The van der Waals surface area contributed by atoms with Crippen LogP contribution >= 0.6 is 0 Å². The van der Waals surface area contributed by atoms with Crippen LogP contribution in [0.3, 0.4) is 0 Å². The maximum absolute atomic E-state index is 7.91. The first-order valence-electron chi connectivity index (χ1n) is 1.63. The Kier molecular flexibility index (Phi) is 3.86. The van der Waals surface area contributed by atoms with Crippen molar-refractivity contribution in [2.45, 2.75) is 6.42 Å². The minimum absolute atomic E-state index is 0.0938. The zero-order valence-corrected chi connectivity index (χ0v) is 3.02. The van der Waals surface area contributed by atoms with Gasteiger partial charge in [0.05, 0.1) is 0 Å². The lowest BCUT2D eigenvalue weighted by molar-refractivity contribution is 0.221. The van der Waals surface area contributed by atoms with E-state index in [9.17, 15) is 0 Å². The second kappa shape index (κ2) is 3.92. The molecule has 0 aliphatic heterocycles. The molecule has 0 spiro atoms. The predicted octanol–water partition coefficient (Wildman–Crippen LogP) is -0.639. The van der Waals surface area contributed by atoms with Gasteiger partial charge in [0.25, 0.3) is 0 Å². The van der Waals surface area contributed by atoms with E-state index in [2.05, 4.69) is 0 Å². The first kappa shape index (κ1) is 4.92. The lowest BCUT2D eigenvalue weighted by atomic mass is 8.58. The van der Waals surface area contributed by atoms with Crippen LogP contribution < -0.4 is 0 Å². The van der Waals surface area contributed by atoms with Crippen molar-refractivity contribution in [2.75, 3.05) is 13.2 Å². The highest BCUT2D eigenvalue weighted by molar-refractivity contribution is 4.22. The molecule has 0 aliphatic carbocycles. The molecule has 0 amide bonds. The van der Waals surface area contributed by atoms with Crippen molar-refractivity contribution in [3.05, 3.63) is 0 Å². The molecule has 2 heteroatoms. The van der Waals surface area contributed by atoms with Crippen molar-refractivity contribution in [3.8, 4) is 0 Å². The largest absolute Gasteiger partial charge is 0.396 e. The first-order valence-corrected chi connectivity index (χ1v) is 1.63. The van der Waals surface area contributed by atoms with Crippen LogP contribution in [-0.4, -0.2) is 23.4 Å². The topological polar surface area (TPSA) is 40.5 Å². The Labute approximate surface area is 31.1 Å². The summed E-state index contributed by atoms with van der Waals surface area (Å²) in [4.78, 5) is 0. The van der Waals surface area contributed by atoms with Crippen LogP contribution in [0.25, 0.3) is 0 Å². The number of hydrogen-bond acceptors (Lipinski definition) is 2. The smallest absolute Gasteiger partial charge is 0.0452 e. The fourth-order valence-electron chi connectivity index (χ4n) is 0.0707. The molecule has 5 heavy (non-hydrogen) atoms. The van der Waals surface area contributed by atoms with Crippen molar-refractivity contribution >= 4 is 0 Å². The maximum Gasteiger partial charge on any atom is 0.0452 e. The molecular formula is C3H8O2. The Bertz CT molecular complexity index is 12.4. The van der Waals surface area contributed by atoms with Crippen molar-refractivity contribution in [1.29, 1.82) is 0 Å². The van der Waals surface area contributed by atoms with Gasteiger partial charge in [0, 0.05) is 13.2 Å². The molecule has 0 aromatic heterocycles. The first-order chi connectivity index (χ1) is 2.41. The Balaban J connectivity index is 2.19. The van der Waals surface area contributed by atoms with Gasteiger partial charge >= 0.3 is 0 Å². The second-order valence-corrected chi connectivity index (χ2v) is 0.801. The zero-order chi connectivity index (χ0) is 4.12. The quantitative estimate of drug-likeness (QED) is 0.456. The molecule has 2 nitrogen and oxygen atoms in total. The van der Waals surface area contributed by atoms with Gasteiger partial charge in [-0.25, -0.2) is 0 Å². The van der Waals surface area contributed by atoms with Gasteiger partial charge in [-0.2, -0.15) is 0 Å². The van der Waals surface area contributed by atoms with Gasteiger partial charge in [-0.1, -0.05) is 0 Å². The van der Waals surface area contributed by atoms with Gasteiger partial charge in [-0.15, -0.1) is 0 Å². The van der Waals surface area contributed by atoms with Gasteiger partial charge in [0.15, 0.2) is 0 Å². The van der Waals surface area contributed by atoms with E-state index in [0.717, 1.165) is 0 Å². The fraction of sp³-hybridized carbons (Fsp3) is 1.00. The summed E-state index contributed by atoms with van der Waals surface area (Å²) >= 11 is 0. The van der Waals surface area contributed by atoms with E-state index in [1.54, 1.807) is 0 Å². The number of aliphatic hydroxyl groups is 2. The molecule has 0 bridgehead atoms. The lowest BCUT2D eigenvalue weighted by Gasteiger charge is -1.79. The summed E-state index contributed by atoms with van der Waals surface area (Å²) in [6.07, 6.45) is 0.500. The summed E-state index contributed by atoms with van der Waals surface area (Å²) in [6.45, 7) is 0.188. The Hall–Kier alpha value is -0.0800. The molecule has 0 unspecified atom stereocenters. The molecule has 0 heterocycles. The summed E-state index contributed by atoms with van der Waals surface area (Å²) in [7, 11) is 0. The van der Waals surface area contributed by atoms with Crippen LogP contribution in [0.5, 0.6) is 0 Å². The van der Waals surface area contributed by atoms with Gasteiger partial charge in [0.1, 0.15) is 0 Å². The van der Waals surface area contributed by atoms with E-state index in [-0.39, 0.29) is 13.2 Å². The fourth-order valence-corrected chi connectivity index (χ4v) is 0.0707. The van der Waals surface area contributed by atoms with Crippen molar-refractivity contribution < 1.29 is 10.2 Å². The monoisotopic (exact) mass is 73.1 g/mol. The predicted molar refractivity (Wildman–Crippen MR) is 18.8 cm³/mol. The second-order valence-electron chi connectivity index (χ2n) is 0.801. The zero-order valence-electron chi connectivity index (χ0n) is 3.02. The highest BCUT2D eigenvalue weighted by atomic mass is 16.3. The average Bonchev–Trinajstić information content (AvgIpc) is 1.41. The van der Waals surface area contributed by atoms with Crippen LogP contribution in [0.2, 0.25) is 0 Å². The van der Waals surface area contributed by atoms with Gasteiger partial charge in [0.2, 0.25) is 0 Å². The molecule has 32 valence electrons. The van der Waals surface area contributed by atoms with Crippen molar-refractivity contribution in [1.82, 2.24) is 0 Å². The van der Waals surface area contributed by atoms with Crippen LogP contribution in [-0.2, 0) is 0 Å². The van der Waals surface area contributed by atoms with E-state index in [1.807, 2.05) is 0 Å². The van der Waals surface area contributed by atoms with E-state index < -0.39 is 0 Å². The molecule has 0 rings (SSSR count). The molecule has 0 aliphatic rings. The summed E-state index contributed by atoms with van der Waals surface area (Å²) in [6, 6.07) is 0. The molecule has 0 aromatic rings. The van der Waals surface area contributed by atoms with Crippen LogP contribution in [0.15, 0.2) is 0 Å². The molecule has 0 fully saturated rings. The van der Waals surface area contributed by atoms with E-state index in [1.165, 1.54) is 0 Å². The Morgan fingerprint density at radius 1 is 1.60 bits per heavy atom. The Morgan fingerprint density at radius 3 is 2.20 bits per heavy atom. The lowest BCUT2D eigenvalue weighted by Crippen LogP contribution is -1.85. The molecule has 0 aromatic carbocycles. The molecule has 0 saturated carbocycles. The van der Waals surface area contributed by atoms with Gasteiger partial charge in [-0.3, -0.25) is 0 Å². The van der Waals surface area contributed by atoms with Crippen LogP contribution in [0.4, 0.5) is 0 Å². The highest BCUT2D eigenvalue weighted by Gasteiger charge is 1.70. The standard InChI is InChI=1S/C3H8O2/c4-2-1-3-5/h4-5H,1-3H2/i2-3. The van der Waals surface area contributed by atoms with E-state index in [4.69, 9.17) is 10.2 Å². The summed E-state index contributed by atoms with van der Waals surface area (Å²) in [5, 5.41) is 15.8. The van der Waals surface area contributed by atoms with Gasteiger partial charge < -0.3 is 10.2 Å². The highest BCUT2D eigenvalue weighted by Crippen LogP contribution is 1.65. The van der Waals surface area contributed by atoms with E-state index in [0.29, 0.717) is 6.42 Å². The Morgan fingerprint density at radius 2 is 2.20 bits per heavy atom. The van der Waals surface area contributed by atoms with Crippen LogP contribution in [0.1, 0.15) is 6.42 Å². The minimum atomic E-state index is 0.0938. The molecule has 0 atom stereocenters. The minimum Gasteiger partial charge on any atom is -0.396 e. The van der Waals surface area contributed by atoms with E-state index >= 15 is 0 Å². The summed E-state index contributed by atoms with van der Waals surface area (Å²) in [5.41, 5.74) is 0. The third kappa shape index (κ3) is 3.92. The molecule has 0 saturated heterocycles. The number of hydrogen-bond donors (Lipinski definition) is 2. The van der Waals surface area contributed by atoms with Gasteiger partial charge in [-0.05, 0) is 6.42 Å². The normalized spacial score (nSPS) is 8.40. The number of rotatable bonds is 2. The van der Waals surface area contributed by atoms with Crippen molar-refractivity contribution in [3.63, 3.8) is 0 Å². The third-order valence-corrected chi connectivity index (χ3v) is 0.316. The third-order valence-electron chi connectivity index (χ3n) is 0.316. The SMILES string of the molecule is OCC[9CH2]O. The average molecular weight is 73.1 g/mol. The summed E-state index contributed by atoms with van der Waals surface area (Å²) < 4.78 is 0. The van der Waals surface area contributed by atoms with Crippen molar-refractivity contribution in [2.24, 2.45) is 0 Å². The molecule has 2 N–H and O–H groups in total. The van der Waals surface area contributed by atoms with Crippen LogP contribution in [0, 0.1) is 0 Å². The maximum atomic E-state index is 7.91.